The first-order valence-electron chi connectivity index (χ1n) is 10.3. The summed E-state index contributed by atoms with van der Waals surface area (Å²) in [4.78, 5) is 13.5. The molecular weight excluding hydrogens is 505 g/mol. The third-order valence-electron chi connectivity index (χ3n) is 5.48. The standard InChI is InChI=1S/C22H29N7O.HI/c1-18-24-7-8-29(18)16-20-5-3-4-19(14-20)15-25-22(23-2)28-11-9-27(10-12-28)17-21-6-13-30-26-21;/h3-8,13-14H,9-12,15-17H2,1-2H3,(H,23,25);1H. The van der Waals surface area contributed by atoms with E-state index in [0.29, 0.717) is 0 Å². The first-order valence-corrected chi connectivity index (χ1v) is 10.3. The van der Waals surface area contributed by atoms with Gasteiger partial charge in [-0.3, -0.25) is 9.89 Å². The van der Waals surface area contributed by atoms with Gasteiger partial charge in [0, 0.05) is 71.3 Å². The van der Waals surface area contributed by atoms with Crippen LogP contribution in [0.5, 0.6) is 0 Å². The number of hydrogen-bond donors (Lipinski definition) is 1. The van der Waals surface area contributed by atoms with E-state index in [0.717, 1.165) is 63.3 Å². The summed E-state index contributed by atoms with van der Waals surface area (Å²) in [6.07, 6.45) is 5.49. The van der Waals surface area contributed by atoms with Crippen LogP contribution in [-0.4, -0.2) is 63.7 Å². The van der Waals surface area contributed by atoms with Crippen molar-refractivity contribution in [1.29, 1.82) is 0 Å². The number of rotatable bonds is 6. The van der Waals surface area contributed by atoms with Crippen LogP contribution in [0.1, 0.15) is 22.6 Å². The highest BCUT2D eigenvalue weighted by Crippen LogP contribution is 2.10. The molecule has 1 aliphatic heterocycles. The monoisotopic (exact) mass is 535 g/mol. The summed E-state index contributed by atoms with van der Waals surface area (Å²) in [5, 5.41) is 7.53. The number of hydrogen-bond acceptors (Lipinski definition) is 5. The summed E-state index contributed by atoms with van der Waals surface area (Å²) in [5.74, 6) is 1.98. The number of halogens is 1. The van der Waals surface area contributed by atoms with Crippen molar-refractivity contribution in [3.63, 3.8) is 0 Å². The third-order valence-corrected chi connectivity index (χ3v) is 5.48. The van der Waals surface area contributed by atoms with Crippen LogP contribution in [0.4, 0.5) is 0 Å². The smallest absolute Gasteiger partial charge is 0.194 e. The number of nitrogens with zero attached hydrogens (tertiary/aromatic N) is 6. The van der Waals surface area contributed by atoms with Crippen LogP contribution in [0.15, 0.2) is 58.5 Å². The van der Waals surface area contributed by atoms with Gasteiger partial charge in [-0.1, -0.05) is 29.4 Å². The van der Waals surface area contributed by atoms with Gasteiger partial charge in [0.2, 0.25) is 0 Å². The molecular formula is C22H30IN7O. The highest BCUT2D eigenvalue weighted by molar-refractivity contribution is 14.0. The van der Waals surface area contributed by atoms with Gasteiger partial charge in [-0.2, -0.15) is 0 Å². The molecule has 3 heterocycles. The molecule has 1 N–H and O–H groups in total. The number of nitrogens with one attached hydrogen (secondary N) is 1. The molecule has 0 saturated carbocycles. The van der Waals surface area contributed by atoms with E-state index < -0.39 is 0 Å². The van der Waals surface area contributed by atoms with E-state index in [9.17, 15) is 0 Å². The lowest BCUT2D eigenvalue weighted by atomic mass is 10.1. The molecule has 0 atom stereocenters. The topological polar surface area (TPSA) is 74.7 Å². The molecule has 1 fully saturated rings. The van der Waals surface area contributed by atoms with E-state index in [4.69, 9.17) is 4.52 Å². The van der Waals surface area contributed by atoms with Crippen LogP contribution in [0.2, 0.25) is 0 Å². The summed E-state index contributed by atoms with van der Waals surface area (Å²) in [5.41, 5.74) is 3.50. The largest absolute Gasteiger partial charge is 0.364 e. The minimum absolute atomic E-state index is 0. The van der Waals surface area contributed by atoms with E-state index in [1.807, 2.05) is 32.4 Å². The summed E-state index contributed by atoms with van der Waals surface area (Å²) in [6, 6.07) is 10.6. The average Bonchev–Trinajstić information content (AvgIpc) is 3.42. The molecule has 0 radical (unpaired) electrons. The van der Waals surface area contributed by atoms with Crippen molar-refractivity contribution in [3.05, 3.63) is 71.6 Å². The number of aryl methyl sites for hydroxylation is 1. The zero-order chi connectivity index (χ0) is 20.8. The fourth-order valence-corrected chi connectivity index (χ4v) is 3.78. The van der Waals surface area contributed by atoms with E-state index in [-0.39, 0.29) is 24.0 Å². The van der Waals surface area contributed by atoms with Crippen molar-refractivity contribution < 1.29 is 4.52 Å². The first-order chi connectivity index (χ1) is 14.7. The predicted molar refractivity (Wildman–Crippen MR) is 131 cm³/mol. The molecule has 4 rings (SSSR count). The molecule has 3 aromatic rings. The third kappa shape index (κ3) is 6.30. The molecule has 9 heteroatoms. The summed E-state index contributed by atoms with van der Waals surface area (Å²) < 4.78 is 7.09. The molecule has 1 saturated heterocycles. The molecule has 0 bridgehead atoms. The maximum atomic E-state index is 4.93. The number of aliphatic imine (C=N–C) groups is 1. The van der Waals surface area contributed by atoms with Gasteiger partial charge in [0.05, 0.1) is 5.69 Å². The van der Waals surface area contributed by atoms with Gasteiger partial charge < -0.3 is 19.3 Å². The Morgan fingerprint density at radius 1 is 1.13 bits per heavy atom. The highest BCUT2D eigenvalue weighted by Gasteiger charge is 2.20. The summed E-state index contributed by atoms with van der Waals surface area (Å²) >= 11 is 0. The molecule has 0 amide bonds. The minimum Gasteiger partial charge on any atom is -0.364 e. The van der Waals surface area contributed by atoms with E-state index >= 15 is 0 Å². The Morgan fingerprint density at radius 3 is 2.61 bits per heavy atom. The number of imidazole rings is 1. The summed E-state index contributed by atoms with van der Waals surface area (Å²) in [6.45, 7) is 8.29. The zero-order valence-corrected chi connectivity index (χ0v) is 20.4. The molecule has 0 aliphatic carbocycles. The fourth-order valence-electron chi connectivity index (χ4n) is 3.78. The van der Waals surface area contributed by atoms with Crippen molar-refractivity contribution in [2.75, 3.05) is 33.2 Å². The van der Waals surface area contributed by atoms with Crippen molar-refractivity contribution in [3.8, 4) is 0 Å². The van der Waals surface area contributed by atoms with Crippen molar-refractivity contribution >= 4 is 29.9 Å². The van der Waals surface area contributed by atoms with Crippen LogP contribution < -0.4 is 5.32 Å². The first kappa shape index (κ1) is 23.3. The molecule has 166 valence electrons. The maximum absolute atomic E-state index is 4.93. The second-order valence-electron chi connectivity index (χ2n) is 7.58. The van der Waals surface area contributed by atoms with Crippen LogP contribution in [0, 0.1) is 6.92 Å². The molecule has 2 aromatic heterocycles. The normalized spacial score (nSPS) is 15.0. The Bertz CT molecular complexity index is 962. The van der Waals surface area contributed by atoms with Crippen LogP contribution in [-0.2, 0) is 19.6 Å². The van der Waals surface area contributed by atoms with E-state index in [1.54, 1.807) is 6.26 Å². The second-order valence-corrected chi connectivity index (χ2v) is 7.58. The Hall–Kier alpha value is -2.40. The van der Waals surface area contributed by atoms with Crippen molar-refractivity contribution in [2.24, 2.45) is 4.99 Å². The van der Waals surface area contributed by atoms with E-state index in [2.05, 4.69) is 59.1 Å². The average molecular weight is 535 g/mol. The van der Waals surface area contributed by atoms with Gasteiger partial charge >= 0.3 is 0 Å². The van der Waals surface area contributed by atoms with Gasteiger partial charge in [0.25, 0.3) is 0 Å². The Kier molecular flexibility index (Phi) is 8.47. The van der Waals surface area contributed by atoms with Crippen molar-refractivity contribution in [2.45, 2.75) is 26.6 Å². The van der Waals surface area contributed by atoms with Crippen LogP contribution in [0.25, 0.3) is 0 Å². The lowest BCUT2D eigenvalue weighted by Crippen LogP contribution is -2.52. The number of piperazine rings is 1. The molecule has 1 aliphatic rings. The maximum Gasteiger partial charge on any atom is 0.194 e. The minimum atomic E-state index is 0. The SMILES string of the molecule is CN=C(NCc1cccc(Cn2ccnc2C)c1)N1CCN(Cc2ccon2)CC1.I. The highest BCUT2D eigenvalue weighted by atomic mass is 127. The van der Waals surface area contributed by atoms with Gasteiger partial charge in [0.15, 0.2) is 5.96 Å². The Balaban J connectivity index is 0.00000272. The Morgan fingerprint density at radius 2 is 1.94 bits per heavy atom. The predicted octanol–water partition coefficient (Wildman–Crippen LogP) is 2.74. The lowest BCUT2D eigenvalue weighted by molar-refractivity contribution is 0.169. The molecule has 1 aromatic carbocycles. The van der Waals surface area contributed by atoms with Crippen LogP contribution in [0.3, 0.4) is 0 Å². The van der Waals surface area contributed by atoms with Gasteiger partial charge in [-0.25, -0.2) is 4.98 Å². The van der Waals surface area contributed by atoms with Gasteiger partial charge in [-0.15, -0.1) is 24.0 Å². The van der Waals surface area contributed by atoms with E-state index in [1.165, 1.54) is 11.1 Å². The summed E-state index contributed by atoms with van der Waals surface area (Å²) in [7, 11) is 1.85. The van der Waals surface area contributed by atoms with Gasteiger partial charge in [0.1, 0.15) is 12.1 Å². The van der Waals surface area contributed by atoms with Gasteiger partial charge in [-0.05, 0) is 18.1 Å². The van der Waals surface area contributed by atoms with Crippen molar-refractivity contribution in [1.82, 2.24) is 29.8 Å². The lowest BCUT2D eigenvalue weighted by Gasteiger charge is -2.36. The number of guanidine groups is 1. The molecule has 31 heavy (non-hydrogen) atoms. The number of aromatic nitrogens is 3. The van der Waals surface area contributed by atoms with Crippen LogP contribution >= 0.6 is 24.0 Å². The molecule has 0 spiro atoms. The molecule has 0 unspecified atom stereocenters. The molecule has 8 nitrogen and oxygen atoms in total. The quantitative estimate of drug-likeness (QED) is 0.298. The number of benzene rings is 1. The second kappa shape index (κ2) is 11.3. The Labute approximate surface area is 200 Å². The zero-order valence-electron chi connectivity index (χ0n) is 18.1. The fraction of sp³-hybridized carbons (Fsp3) is 0.409.